The molecule has 11 heteroatoms. The number of para-hydroxylation sites is 9. The molecular formula is C92H81N6O4Pt-. The summed E-state index contributed by atoms with van der Waals surface area (Å²) in [7, 11) is 0. The first-order chi connectivity index (χ1) is 49.0. The number of aromatic nitrogens is 4. The standard InChI is InChI=1S/C46H41N3O2.C46H40N3O2.Pt/c2*1-45(2,3)30-26-29(42(50)37(27-30)46(4,5)6)28-47-38-23-12-10-19-36(38)44-48-41-33(20-15-24-39(41)49(44)31-16-8-7-9-17-31)35-22-14-21-34-32-18-11-13-25-40(32)51-43(34)35;/h7-28,50H,1-6H3;7-21,23-28,50H,1-6H3;/q;-1;. The summed E-state index contributed by atoms with van der Waals surface area (Å²) in [6, 6.07) is 87.9. The molecule has 0 unspecified atom stereocenters. The van der Waals surface area contributed by atoms with Gasteiger partial charge in [0.2, 0.25) is 0 Å². The third-order valence-electron chi connectivity index (χ3n) is 19.3. The number of hydrogen-bond acceptors (Lipinski definition) is 8. The van der Waals surface area contributed by atoms with E-state index < -0.39 is 0 Å². The Morgan fingerprint density at radius 3 is 1.25 bits per heavy atom. The number of fused-ring (bicyclic) bond motifs is 8. The van der Waals surface area contributed by atoms with Crippen LogP contribution in [0.4, 0.5) is 11.4 Å². The average Bonchev–Trinajstić information content (AvgIpc) is 1.60. The van der Waals surface area contributed by atoms with Crippen molar-refractivity contribution < 1.29 is 40.1 Å². The molecule has 514 valence electrons. The second kappa shape index (κ2) is 27.0. The molecule has 0 aliphatic heterocycles. The van der Waals surface area contributed by atoms with Crippen LogP contribution < -0.4 is 0 Å². The fourth-order valence-corrected chi connectivity index (χ4v) is 13.9. The first kappa shape index (κ1) is 68.9. The van der Waals surface area contributed by atoms with E-state index in [4.69, 9.17) is 28.8 Å². The molecule has 0 fully saturated rings. The van der Waals surface area contributed by atoms with E-state index in [-0.39, 0.29) is 54.2 Å². The molecule has 10 nitrogen and oxygen atoms in total. The maximum absolute atomic E-state index is 11.5. The monoisotopic (exact) mass is 1530 g/mol. The molecule has 4 heterocycles. The molecule has 0 bridgehead atoms. The van der Waals surface area contributed by atoms with Crippen LogP contribution in [0.3, 0.4) is 0 Å². The molecule has 0 atom stereocenters. The van der Waals surface area contributed by atoms with Gasteiger partial charge >= 0.3 is 0 Å². The van der Waals surface area contributed by atoms with Gasteiger partial charge in [0.05, 0.1) is 39.0 Å². The Bertz CT molecular complexity index is 5600. The zero-order valence-electron chi connectivity index (χ0n) is 60.0. The van der Waals surface area contributed by atoms with Crippen LogP contribution >= 0.6 is 0 Å². The minimum Gasteiger partial charge on any atom is -0.507 e. The summed E-state index contributed by atoms with van der Waals surface area (Å²) >= 11 is 0. The van der Waals surface area contributed by atoms with Crippen LogP contribution in [-0.4, -0.2) is 41.7 Å². The fraction of sp³-hybridized carbons (Fsp3) is 0.174. The molecule has 0 spiro atoms. The molecule has 0 saturated heterocycles. The SMILES string of the molecule is CC(C)(C)c1cc(C=Nc2ccccc2-c2nc3c(-c4[c-]ccc5c4oc4ccccc45)cccc3n2-c2ccccc2)c(O)c(C(C)(C)C)c1.CC(C)(C)c1cc(C=Nc2ccccc2-c2nc3c(-c4cccc5c4oc4ccccc45)cccc3n2-c2ccccc2)c(O)c(C(C)(C)C)c1.[Pt]. The molecule has 0 saturated carbocycles. The van der Waals surface area contributed by atoms with E-state index in [9.17, 15) is 10.2 Å². The molecule has 16 aromatic rings. The average molecular weight is 1530 g/mol. The van der Waals surface area contributed by atoms with Gasteiger partial charge in [-0.05, 0) is 118 Å². The number of benzene rings is 12. The van der Waals surface area contributed by atoms with Crippen LogP contribution in [0.2, 0.25) is 0 Å². The van der Waals surface area contributed by atoms with E-state index in [0.717, 1.165) is 156 Å². The van der Waals surface area contributed by atoms with Gasteiger partial charge in [-0.25, -0.2) is 9.97 Å². The number of furan rings is 2. The second-order valence-electron chi connectivity index (χ2n) is 30.5. The molecule has 16 rings (SSSR count). The van der Waals surface area contributed by atoms with Crippen molar-refractivity contribution in [3.05, 3.63) is 288 Å². The van der Waals surface area contributed by atoms with Crippen molar-refractivity contribution in [1.29, 1.82) is 0 Å². The largest absolute Gasteiger partial charge is 0.507 e. The summed E-state index contributed by atoms with van der Waals surface area (Å²) in [5.74, 6) is 2.05. The van der Waals surface area contributed by atoms with Gasteiger partial charge in [-0.1, -0.05) is 251 Å². The minimum absolute atomic E-state index is 0. The summed E-state index contributed by atoms with van der Waals surface area (Å²) in [4.78, 5) is 20.9. The van der Waals surface area contributed by atoms with Gasteiger partial charge in [-0.3, -0.25) is 19.1 Å². The summed E-state index contributed by atoms with van der Waals surface area (Å²) < 4.78 is 17.3. The molecule has 103 heavy (non-hydrogen) atoms. The van der Waals surface area contributed by atoms with Crippen molar-refractivity contribution in [3.63, 3.8) is 0 Å². The van der Waals surface area contributed by atoms with Crippen LogP contribution in [0.15, 0.2) is 268 Å². The third kappa shape index (κ3) is 13.0. The number of aliphatic imine (C=N–C) groups is 2. The van der Waals surface area contributed by atoms with Crippen molar-refractivity contribution >= 4 is 89.7 Å². The van der Waals surface area contributed by atoms with Crippen molar-refractivity contribution in [2.24, 2.45) is 9.98 Å². The second-order valence-corrected chi connectivity index (χ2v) is 30.5. The first-order valence-electron chi connectivity index (χ1n) is 34.9. The summed E-state index contributed by atoms with van der Waals surface area (Å²) in [5.41, 5.74) is 20.8. The molecule has 12 aromatic carbocycles. The van der Waals surface area contributed by atoms with E-state index in [1.807, 2.05) is 115 Å². The Kier molecular flexibility index (Phi) is 18.0. The van der Waals surface area contributed by atoms with Gasteiger partial charge in [0.1, 0.15) is 39.9 Å². The van der Waals surface area contributed by atoms with Crippen molar-refractivity contribution in [1.82, 2.24) is 19.1 Å². The van der Waals surface area contributed by atoms with Gasteiger partial charge in [0.15, 0.2) is 0 Å². The van der Waals surface area contributed by atoms with E-state index in [1.165, 1.54) is 0 Å². The van der Waals surface area contributed by atoms with Crippen molar-refractivity contribution in [3.8, 4) is 67.9 Å². The smallest absolute Gasteiger partial charge is 0.147 e. The maximum atomic E-state index is 11.5. The zero-order chi connectivity index (χ0) is 71.0. The Morgan fingerprint density at radius 1 is 0.379 bits per heavy atom. The Morgan fingerprint density at radius 2 is 0.767 bits per heavy atom. The van der Waals surface area contributed by atoms with Crippen molar-refractivity contribution in [2.75, 3.05) is 0 Å². The molecule has 0 radical (unpaired) electrons. The number of phenolic OH excluding ortho intramolecular Hbond substituents is 2. The molecule has 0 amide bonds. The van der Waals surface area contributed by atoms with Crippen LogP contribution in [0.25, 0.3) is 122 Å². The number of nitrogens with zero attached hydrogens (tertiary/aromatic N) is 6. The molecule has 2 N–H and O–H groups in total. The fourth-order valence-electron chi connectivity index (χ4n) is 13.9. The maximum Gasteiger partial charge on any atom is 0.147 e. The quantitative estimate of drug-likeness (QED) is 0.104. The first-order valence-corrected chi connectivity index (χ1v) is 34.9. The van der Waals surface area contributed by atoms with Crippen molar-refractivity contribution in [2.45, 2.75) is 105 Å². The number of hydrogen-bond donors (Lipinski definition) is 2. The Balaban J connectivity index is 0.000000173. The third-order valence-corrected chi connectivity index (χ3v) is 19.3. The van der Waals surface area contributed by atoms with Gasteiger partial charge < -0.3 is 19.0 Å². The molecular weight excluding hydrogens is 1450 g/mol. The summed E-state index contributed by atoms with van der Waals surface area (Å²) in [6.07, 6.45) is 3.58. The van der Waals surface area contributed by atoms with Gasteiger partial charge in [-0.15, -0.1) is 18.2 Å². The van der Waals surface area contributed by atoms with Gasteiger partial charge in [0, 0.05) is 106 Å². The van der Waals surface area contributed by atoms with Crippen LogP contribution in [0.1, 0.15) is 116 Å². The number of rotatable bonds is 10. The molecule has 0 aliphatic rings. The predicted octanol–water partition coefficient (Wildman–Crippen LogP) is 24.4. The Hall–Kier alpha value is -11.2. The van der Waals surface area contributed by atoms with Crippen LogP contribution in [0, 0.1) is 6.07 Å². The topological polar surface area (TPSA) is 127 Å². The molecule has 4 aromatic heterocycles. The summed E-state index contributed by atoms with van der Waals surface area (Å²) in [6.45, 7) is 25.9. The van der Waals surface area contributed by atoms with E-state index in [0.29, 0.717) is 11.1 Å². The summed E-state index contributed by atoms with van der Waals surface area (Å²) in [5, 5.41) is 27.3. The van der Waals surface area contributed by atoms with E-state index in [1.54, 1.807) is 12.4 Å². The number of phenols is 2. The van der Waals surface area contributed by atoms with Crippen LogP contribution in [0.5, 0.6) is 11.5 Å². The van der Waals surface area contributed by atoms with E-state index >= 15 is 0 Å². The Labute approximate surface area is 615 Å². The zero-order valence-corrected chi connectivity index (χ0v) is 62.3. The predicted molar refractivity (Wildman–Crippen MR) is 423 cm³/mol. The molecule has 0 aliphatic carbocycles. The van der Waals surface area contributed by atoms with Gasteiger partial charge in [-0.2, -0.15) is 0 Å². The number of imidazole rings is 2. The van der Waals surface area contributed by atoms with E-state index in [2.05, 4.69) is 232 Å². The van der Waals surface area contributed by atoms with Crippen LogP contribution in [-0.2, 0) is 42.7 Å². The number of aromatic hydroxyl groups is 2. The van der Waals surface area contributed by atoms with Gasteiger partial charge in [0.25, 0.3) is 0 Å². The minimum atomic E-state index is -0.242. The normalized spacial score (nSPS) is 12.4.